The van der Waals surface area contributed by atoms with E-state index in [0.717, 1.165) is 23.5 Å². The summed E-state index contributed by atoms with van der Waals surface area (Å²) in [7, 11) is -17.5. The van der Waals surface area contributed by atoms with E-state index < -0.39 is 66.5 Å². The Labute approximate surface area is 256 Å². The van der Waals surface area contributed by atoms with Gasteiger partial charge in [0.05, 0.1) is 23.9 Å². The molecule has 3 rings (SSSR count). The fourth-order valence-corrected chi connectivity index (χ4v) is 9.30. The third-order valence-electron chi connectivity index (χ3n) is 6.19. The van der Waals surface area contributed by atoms with Crippen LogP contribution in [0.4, 0.5) is 5.82 Å². The zero-order valence-corrected chi connectivity index (χ0v) is 27.2. The Hall–Kier alpha value is -1.52. The molecule has 19 nitrogen and oxygen atoms in total. The summed E-state index contributed by atoms with van der Waals surface area (Å²) in [5.41, 5.74) is 6.04. The quantitative estimate of drug-likeness (QED) is 0.0663. The van der Waals surface area contributed by atoms with Crippen molar-refractivity contribution in [3.63, 3.8) is 0 Å². The summed E-state index contributed by atoms with van der Waals surface area (Å²) in [6.07, 6.45) is -3.48. The number of hydrogen-bond donors (Lipinski definition) is 6. The highest BCUT2D eigenvalue weighted by Gasteiger charge is 2.47. The first-order valence-electron chi connectivity index (χ1n) is 12.8. The van der Waals surface area contributed by atoms with E-state index in [4.69, 9.17) is 20.3 Å². The van der Waals surface area contributed by atoms with Crippen molar-refractivity contribution in [2.24, 2.45) is 0 Å². The van der Waals surface area contributed by atoms with E-state index in [1.165, 1.54) is 4.57 Å². The molecule has 0 amide bonds. The number of aromatic nitrogens is 4. The molecular weight excluding hydrogens is 692 g/mol. The number of nitrogen functional groups attached to an aromatic ring is 1. The maximum Gasteiger partial charge on any atom is 0.481 e. The van der Waals surface area contributed by atoms with Crippen LogP contribution in [0, 0.1) is 0 Å². The summed E-state index contributed by atoms with van der Waals surface area (Å²) in [5, 5.41) is 22.2. The number of phosphoric acid groups is 2. The predicted molar refractivity (Wildman–Crippen MR) is 156 cm³/mol. The topological polar surface area (TPSA) is 301 Å². The lowest BCUT2D eigenvalue weighted by Gasteiger charge is -2.19. The predicted octanol–water partition coefficient (Wildman–Crippen LogP) is -0.120. The van der Waals surface area contributed by atoms with Crippen LogP contribution in [0.2, 0.25) is 0 Å². The Morgan fingerprint density at radius 2 is 1.70 bits per heavy atom. The zero-order valence-electron chi connectivity index (χ0n) is 22.9. The lowest BCUT2D eigenvalue weighted by Crippen LogP contribution is -2.33. The molecule has 1 aliphatic heterocycles. The molecule has 0 aromatic carbocycles. The molecule has 0 bridgehead atoms. The van der Waals surface area contributed by atoms with Gasteiger partial charge in [-0.05, 0) is 12.8 Å². The Bertz CT molecular complexity index is 1630. The molecule has 0 saturated carbocycles. The third kappa shape index (κ3) is 10.5. The summed E-state index contributed by atoms with van der Waals surface area (Å²) in [6, 6.07) is 0. The SMILES string of the molecule is C=CS(=O)(=O)CCCCCCS(=O)(=O)CCSc1nc2c(N)ncnc2n1[C@@H]1O[C@H](COP(=O)(O)OP(=O)(O)O)[C@@H](O)[C@H]1O. The van der Waals surface area contributed by atoms with Crippen molar-refractivity contribution in [3.05, 3.63) is 18.3 Å². The van der Waals surface area contributed by atoms with Gasteiger partial charge in [-0.1, -0.05) is 31.2 Å². The van der Waals surface area contributed by atoms with E-state index in [0.29, 0.717) is 25.7 Å². The molecule has 1 saturated heterocycles. The summed E-state index contributed by atoms with van der Waals surface area (Å²) >= 11 is 0.954. The fraction of sp³-hybridized carbons (Fsp3) is 0.650. The first-order chi connectivity index (χ1) is 20.3. The van der Waals surface area contributed by atoms with Gasteiger partial charge in [0.1, 0.15) is 24.6 Å². The zero-order chi connectivity index (χ0) is 32.9. The summed E-state index contributed by atoms with van der Waals surface area (Å²) in [5.74, 6) is -0.469. The monoisotopic (exact) mass is 725 g/mol. The second-order valence-corrected chi connectivity index (χ2v) is 17.8. The van der Waals surface area contributed by atoms with Crippen molar-refractivity contribution >= 4 is 64.1 Å². The number of imidazole rings is 1. The minimum absolute atomic E-state index is 0.00187. The van der Waals surface area contributed by atoms with E-state index >= 15 is 0 Å². The molecule has 24 heteroatoms. The van der Waals surface area contributed by atoms with E-state index in [1.54, 1.807) is 0 Å². The second kappa shape index (κ2) is 14.9. The van der Waals surface area contributed by atoms with Crippen LogP contribution < -0.4 is 5.73 Å². The number of thioether (sulfide) groups is 1. The molecule has 1 aliphatic rings. The number of unbranched alkanes of at least 4 members (excludes halogenated alkanes) is 3. The van der Waals surface area contributed by atoms with Gasteiger partial charge in [0.2, 0.25) is 0 Å². The molecule has 44 heavy (non-hydrogen) atoms. The van der Waals surface area contributed by atoms with Crippen molar-refractivity contribution in [1.82, 2.24) is 19.5 Å². The fourth-order valence-electron chi connectivity index (χ4n) is 4.07. The van der Waals surface area contributed by atoms with Crippen molar-refractivity contribution in [3.8, 4) is 0 Å². The summed E-state index contributed by atoms with van der Waals surface area (Å²) < 4.78 is 85.9. The highest BCUT2D eigenvalue weighted by molar-refractivity contribution is 8.00. The number of fused-ring (bicyclic) bond motifs is 1. The van der Waals surface area contributed by atoms with Gasteiger partial charge >= 0.3 is 15.6 Å². The Morgan fingerprint density at radius 3 is 2.34 bits per heavy atom. The molecule has 2 aromatic rings. The van der Waals surface area contributed by atoms with Crippen LogP contribution in [0.5, 0.6) is 0 Å². The van der Waals surface area contributed by atoms with Gasteiger partial charge < -0.3 is 35.4 Å². The van der Waals surface area contributed by atoms with Gasteiger partial charge in [0, 0.05) is 11.2 Å². The van der Waals surface area contributed by atoms with Gasteiger partial charge in [-0.15, -0.1) is 0 Å². The van der Waals surface area contributed by atoms with Gasteiger partial charge in [0.15, 0.2) is 48.0 Å². The number of aliphatic hydroxyl groups excluding tert-OH is 2. The highest BCUT2D eigenvalue weighted by Crippen LogP contribution is 2.57. The van der Waals surface area contributed by atoms with E-state index in [9.17, 15) is 41.1 Å². The van der Waals surface area contributed by atoms with E-state index in [1.807, 2.05) is 0 Å². The molecule has 0 radical (unpaired) electrons. The lowest BCUT2D eigenvalue weighted by molar-refractivity contribution is -0.0540. The van der Waals surface area contributed by atoms with Crippen LogP contribution in [0.1, 0.15) is 31.9 Å². The van der Waals surface area contributed by atoms with Gasteiger partial charge in [-0.3, -0.25) is 9.09 Å². The Kier molecular flexibility index (Phi) is 12.5. The van der Waals surface area contributed by atoms with Crippen LogP contribution in [0.3, 0.4) is 0 Å². The minimum atomic E-state index is -5.41. The van der Waals surface area contributed by atoms with Crippen molar-refractivity contribution < 1.29 is 64.4 Å². The molecule has 2 aromatic heterocycles. The number of nitrogens with zero attached hydrogens (tertiary/aromatic N) is 4. The van der Waals surface area contributed by atoms with Gasteiger partial charge in [-0.2, -0.15) is 4.31 Å². The maximum atomic E-state index is 12.6. The first-order valence-corrected chi connectivity index (χ1v) is 20.3. The van der Waals surface area contributed by atoms with Crippen molar-refractivity contribution in [1.29, 1.82) is 0 Å². The molecule has 5 atom stereocenters. The van der Waals surface area contributed by atoms with Crippen molar-refractivity contribution in [2.45, 2.75) is 55.4 Å². The van der Waals surface area contributed by atoms with Gasteiger partial charge in [0.25, 0.3) is 0 Å². The number of anilines is 1. The van der Waals surface area contributed by atoms with E-state index in [-0.39, 0.29) is 45.1 Å². The number of nitrogens with two attached hydrogens (primary N) is 1. The summed E-state index contributed by atoms with van der Waals surface area (Å²) in [4.78, 5) is 39.3. The first kappa shape index (κ1) is 36.9. The van der Waals surface area contributed by atoms with Crippen LogP contribution in [-0.4, -0.2) is 109 Å². The number of ether oxygens (including phenoxy) is 1. The highest BCUT2D eigenvalue weighted by atomic mass is 32.2. The van der Waals surface area contributed by atoms with Crippen LogP contribution >= 0.6 is 27.4 Å². The molecular formula is C20H33N5O14P2S3. The van der Waals surface area contributed by atoms with Crippen molar-refractivity contribution in [2.75, 3.05) is 35.4 Å². The van der Waals surface area contributed by atoms with Gasteiger partial charge in [-0.25, -0.2) is 40.9 Å². The second-order valence-electron chi connectivity index (χ2n) is 9.53. The smallest absolute Gasteiger partial charge is 0.387 e. The average molecular weight is 726 g/mol. The maximum absolute atomic E-state index is 12.6. The number of rotatable bonds is 18. The number of hydrogen-bond acceptors (Lipinski definition) is 16. The lowest BCUT2D eigenvalue weighted by atomic mass is 10.1. The van der Waals surface area contributed by atoms with Crippen LogP contribution in [-0.2, 0) is 42.4 Å². The number of phosphoric ester groups is 1. The number of aliphatic hydroxyl groups is 2. The molecule has 7 N–H and O–H groups in total. The average Bonchev–Trinajstić information content (AvgIpc) is 3.40. The molecule has 3 heterocycles. The molecule has 1 unspecified atom stereocenters. The number of sulfone groups is 2. The van der Waals surface area contributed by atoms with Crippen LogP contribution in [0.15, 0.2) is 23.5 Å². The molecule has 0 spiro atoms. The summed E-state index contributed by atoms with van der Waals surface area (Å²) in [6.45, 7) is 2.31. The molecule has 1 fully saturated rings. The standard InChI is InChI=1S/C20H33N5O14P2S3/c1-2-43(33,34)8-5-3-4-6-9-44(35,36)10-7-42-20-24-14-17(21)22-12-23-18(14)25(20)19-16(27)15(26)13(38-19)11-37-41(31,32)39-40(28,29)30/h2,12-13,15-16,19,26-27H,1,3-11H2,(H,31,32)(H2,21,22,23)(H2,28,29,30)/t13-,15-,16-,19-/m1/s1. The molecule has 250 valence electrons. The molecule has 0 aliphatic carbocycles. The Balaban J connectivity index is 1.67. The normalized spacial score (nSPS) is 22.8. The largest absolute Gasteiger partial charge is 0.481 e. The van der Waals surface area contributed by atoms with Crippen LogP contribution in [0.25, 0.3) is 11.2 Å². The van der Waals surface area contributed by atoms with E-state index in [2.05, 4.69) is 30.4 Å². The Morgan fingerprint density at radius 1 is 1.05 bits per heavy atom. The minimum Gasteiger partial charge on any atom is -0.387 e. The third-order valence-corrected chi connectivity index (χ3v) is 12.7.